The van der Waals surface area contributed by atoms with Crippen molar-refractivity contribution in [2.75, 3.05) is 6.54 Å². The molecule has 3 aromatic rings. The van der Waals surface area contributed by atoms with Gasteiger partial charge in [0.05, 0.1) is 11.0 Å². The molecule has 0 aliphatic heterocycles. The number of fused-ring (bicyclic) bond motifs is 1. The van der Waals surface area contributed by atoms with Gasteiger partial charge < -0.3 is 9.88 Å². The molecule has 3 rings (SSSR count). The number of amides is 1. The highest BCUT2D eigenvalue weighted by molar-refractivity contribution is 5.95. The van der Waals surface area contributed by atoms with Gasteiger partial charge in [0.25, 0.3) is 5.91 Å². The number of carbonyl (C=O) groups excluding carboxylic acids is 1. The number of imidazole rings is 1. The topological polar surface area (TPSA) is 46.9 Å². The number of aryl methyl sites for hydroxylation is 4. The fourth-order valence-corrected chi connectivity index (χ4v) is 4.92. The number of nitrogens with zero attached hydrogens (tertiary/aromatic N) is 2. The molecule has 4 heteroatoms. The Hall–Kier alpha value is -2.62. The first-order valence-electron chi connectivity index (χ1n) is 13.9. The third-order valence-corrected chi connectivity index (χ3v) is 6.96. The van der Waals surface area contributed by atoms with Gasteiger partial charge in [0.1, 0.15) is 5.82 Å². The summed E-state index contributed by atoms with van der Waals surface area (Å²) >= 11 is 0. The number of hydrogen-bond acceptors (Lipinski definition) is 2. The van der Waals surface area contributed by atoms with Gasteiger partial charge in [0.15, 0.2) is 0 Å². The summed E-state index contributed by atoms with van der Waals surface area (Å²) in [6, 6.07) is 14.5. The van der Waals surface area contributed by atoms with Crippen molar-refractivity contribution in [3.8, 4) is 0 Å². The summed E-state index contributed by atoms with van der Waals surface area (Å²) in [6.07, 6.45) is 14.9. The van der Waals surface area contributed by atoms with E-state index < -0.39 is 0 Å². The molecule has 0 saturated carbocycles. The normalized spacial score (nSPS) is 11.3. The Morgan fingerprint density at radius 3 is 2.34 bits per heavy atom. The van der Waals surface area contributed by atoms with Gasteiger partial charge in [-0.3, -0.25) is 4.79 Å². The SMILES string of the molecule is CCCCCCCCCCn1c(CCCCCNC(=O)c2ccc(C)cc2C)nc2ccccc21. The number of aromatic nitrogens is 2. The molecule has 1 N–H and O–H groups in total. The highest BCUT2D eigenvalue weighted by atomic mass is 16.1. The average molecular weight is 476 g/mol. The number of unbranched alkanes of at least 4 members (excludes halogenated alkanes) is 9. The summed E-state index contributed by atoms with van der Waals surface area (Å²) in [5.74, 6) is 1.25. The zero-order chi connectivity index (χ0) is 24.9. The zero-order valence-electron chi connectivity index (χ0n) is 22.2. The highest BCUT2D eigenvalue weighted by Crippen LogP contribution is 2.19. The summed E-state index contributed by atoms with van der Waals surface area (Å²) in [7, 11) is 0. The van der Waals surface area contributed by atoms with Gasteiger partial charge in [-0.05, 0) is 56.9 Å². The molecule has 1 aromatic heterocycles. The lowest BCUT2D eigenvalue weighted by molar-refractivity contribution is 0.0952. The Labute approximate surface area is 212 Å². The van der Waals surface area contributed by atoms with E-state index in [9.17, 15) is 4.79 Å². The van der Waals surface area contributed by atoms with Crippen LogP contribution in [0.1, 0.15) is 105 Å². The maximum Gasteiger partial charge on any atom is 0.251 e. The first-order valence-corrected chi connectivity index (χ1v) is 13.9. The first-order chi connectivity index (χ1) is 17.1. The van der Waals surface area contributed by atoms with Crippen molar-refractivity contribution < 1.29 is 4.79 Å². The molecule has 1 amide bonds. The van der Waals surface area contributed by atoms with Crippen LogP contribution in [0.15, 0.2) is 42.5 Å². The van der Waals surface area contributed by atoms with Crippen LogP contribution in [0.2, 0.25) is 0 Å². The summed E-state index contributed by atoms with van der Waals surface area (Å²) in [6.45, 7) is 8.12. The van der Waals surface area contributed by atoms with Crippen molar-refractivity contribution in [3.63, 3.8) is 0 Å². The summed E-state index contributed by atoms with van der Waals surface area (Å²) < 4.78 is 2.45. The van der Waals surface area contributed by atoms with Crippen LogP contribution in [0.4, 0.5) is 0 Å². The van der Waals surface area contributed by atoms with Crippen LogP contribution in [0, 0.1) is 13.8 Å². The monoisotopic (exact) mass is 475 g/mol. The molecule has 0 aliphatic carbocycles. The van der Waals surface area contributed by atoms with Gasteiger partial charge in [-0.1, -0.05) is 88.1 Å². The number of rotatable bonds is 16. The van der Waals surface area contributed by atoms with Gasteiger partial charge in [-0.15, -0.1) is 0 Å². The molecule has 2 aromatic carbocycles. The van der Waals surface area contributed by atoms with Gasteiger partial charge in [-0.25, -0.2) is 4.98 Å². The molecule has 0 unspecified atom stereocenters. The third kappa shape index (κ3) is 8.52. The van der Waals surface area contributed by atoms with E-state index in [1.807, 2.05) is 19.1 Å². The van der Waals surface area contributed by atoms with Crippen LogP contribution in [0.3, 0.4) is 0 Å². The lowest BCUT2D eigenvalue weighted by Gasteiger charge is -2.10. The second kappa shape index (κ2) is 14.7. The maximum atomic E-state index is 12.5. The molecule has 0 radical (unpaired) electrons. The van der Waals surface area contributed by atoms with Crippen molar-refractivity contribution >= 4 is 16.9 Å². The summed E-state index contributed by atoms with van der Waals surface area (Å²) in [5.41, 5.74) is 5.39. The van der Waals surface area contributed by atoms with Crippen molar-refractivity contribution in [3.05, 3.63) is 65.0 Å². The second-order valence-corrected chi connectivity index (χ2v) is 10.0. The summed E-state index contributed by atoms with van der Waals surface area (Å²) in [4.78, 5) is 17.4. The molecule has 0 aliphatic rings. The van der Waals surface area contributed by atoms with Crippen LogP contribution in [-0.2, 0) is 13.0 Å². The van der Waals surface area contributed by atoms with E-state index in [4.69, 9.17) is 4.98 Å². The van der Waals surface area contributed by atoms with Crippen molar-refractivity contribution in [1.82, 2.24) is 14.9 Å². The Morgan fingerprint density at radius 2 is 1.57 bits per heavy atom. The number of carbonyl (C=O) groups is 1. The van der Waals surface area contributed by atoms with Crippen LogP contribution in [0.5, 0.6) is 0 Å². The number of benzene rings is 2. The Balaban J connectivity index is 1.41. The third-order valence-electron chi connectivity index (χ3n) is 6.96. The molecular formula is C31H45N3O. The molecule has 0 spiro atoms. The maximum absolute atomic E-state index is 12.5. The van der Waals surface area contributed by atoms with Crippen molar-refractivity contribution in [2.45, 2.75) is 104 Å². The molecular weight excluding hydrogens is 430 g/mol. The quantitative estimate of drug-likeness (QED) is 0.214. The van der Waals surface area contributed by atoms with Crippen molar-refractivity contribution in [1.29, 1.82) is 0 Å². The Bertz CT molecular complexity index is 1050. The van der Waals surface area contributed by atoms with Gasteiger partial charge in [0, 0.05) is 25.1 Å². The number of para-hydroxylation sites is 2. The molecule has 0 saturated heterocycles. The number of nitrogens with one attached hydrogen (secondary N) is 1. The average Bonchev–Trinajstić information content (AvgIpc) is 3.20. The predicted molar refractivity (Wildman–Crippen MR) is 148 cm³/mol. The first kappa shape index (κ1) is 27.0. The van der Waals surface area contributed by atoms with Crippen molar-refractivity contribution in [2.24, 2.45) is 0 Å². The van der Waals surface area contributed by atoms with E-state index in [2.05, 4.69) is 54.1 Å². The standard InChI is InChI=1S/C31H45N3O/c1-4-5-6-7-8-9-10-16-23-34-29-18-14-13-17-28(29)33-30(34)19-12-11-15-22-32-31(35)27-21-20-25(2)24-26(27)3/h13-14,17-18,20-21,24H,4-12,15-16,19,22-23H2,1-3H3,(H,32,35). The lowest BCUT2D eigenvalue weighted by atomic mass is 10.1. The molecule has 0 fully saturated rings. The van der Waals surface area contributed by atoms with E-state index in [0.717, 1.165) is 55.4 Å². The molecule has 1 heterocycles. The fraction of sp³-hybridized carbons (Fsp3) is 0.548. The van der Waals surface area contributed by atoms with Crippen LogP contribution < -0.4 is 5.32 Å². The largest absolute Gasteiger partial charge is 0.352 e. The van der Waals surface area contributed by atoms with Crippen LogP contribution >= 0.6 is 0 Å². The van der Waals surface area contributed by atoms with E-state index in [-0.39, 0.29) is 5.91 Å². The second-order valence-electron chi connectivity index (χ2n) is 10.0. The van der Waals surface area contributed by atoms with E-state index >= 15 is 0 Å². The van der Waals surface area contributed by atoms with E-state index in [0.29, 0.717) is 0 Å². The van der Waals surface area contributed by atoms with Gasteiger partial charge >= 0.3 is 0 Å². The predicted octanol–water partition coefficient (Wildman–Crippen LogP) is 7.94. The molecule has 190 valence electrons. The van der Waals surface area contributed by atoms with Crippen LogP contribution in [0.25, 0.3) is 11.0 Å². The minimum Gasteiger partial charge on any atom is -0.352 e. The van der Waals surface area contributed by atoms with Gasteiger partial charge in [0.2, 0.25) is 0 Å². The molecule has 4 nitrogen and oxygen atoms in total. The van der Waals surface area contributed by atoms with E-state index in [1.54, 1.807) is 0 Å². The molecule has 0 atom stereocenters. The van der Waals surface area contributed by atoms with Crippen LogP contribution in [-0.4, -0.2) is 22.0 Å². The summed E-state index contributed by atoms with van der Waals surface area (Å²) in [5, 5.41) is 3.09. The van der Waals surface area contributed by atoms with Gasteiger partial charge in [-0.2, -0.15) is 0 Å². The number of hydrogen-bond donors (Lipinski definition) is 1. The Kier molecular flexibility index (Phi) is 11.3. The lowest BCUT2D eigenvalue weighted by Crippen LogP contribution is -2.25. The Morgan fingerprint density at radius 1 is 0.857 bits per heavy atom. The fourth-order valence-electron chi connectivity index (χ4n) is 4.92. The minimum atomic E-state index is 0.0367. The van der Waals surface area contributed by atoms with E-state index in [1.165, 1.54) is 68.3 Å². The minimum absolute atomic E-state index is 0.0367. The molecule has 35 heavy (non-hydrogen) atoms. The highest BCUT2D eigenvalue weighted by Gasteiger charge is 2.11. The molecule has 0 bridgehead atoms. The zero-order valence-corrected chi connectivity index (χ0v) is 22.2. The smallest absolute Gasteiger partial charge is 0.251 e.